The van der Waals surface area contributed by atoms with Crippen molar-refractivity contribution in [3.63, 3.8) is 0 Å². The van der Waals surface area contributed by atoms with Gasteiger partial charge in [0, 0.05) is 6.54 Å². The molecule has 1 aromatic heterocycles. The Morgan fingerprint density at radius 1 is 1.03 bits per heavy atom. The molecule has 3 aromatic carbocycles. The van der Waals surface area contributed by atoms with Crippen LogP contribution in [0.5, 0.6) is 5.75 Å². The molecule has 6 nitrogen and oxygen atoms in total. The third kappa shape index (κ3) is 4.67. The van der Waals surface area contributed by atoms with Gasteiger partial charge in [-0.1, -0.05) is 36.4 Å². The highest BCUT2D eigenvalue weighted by Gasteiger charge is 2.20. The van der Waals surface area contributed by atoms with E-state index in [1.807, 2.05) is 13.0 Å². The van der Waals surface area contributed by atoms with E-state index in [1.165, 1.54) is 12.1 Å². The lowest BCUT2D eigenvalue weighted by Gasteiger charge is -2.22. The highest BCUT2D eigenvalue weighted by atomic mass is 19.1. The van der Waals surface area contributed by atoms with Gasteiger partial charge in [0.1, 0.15) is 24.0 Å². The van der Waals surface area contributed by atoms with Crippen LogP contribution < -0.4 is 10.3 Å². The molecule has 0 bridgehead atoms. The van der Waals surface area contributed by atoms with E-state index >= 15 is 0 Å². The van der Waals surface area contributed by atoms with Crippen LogP contribution >= 0.6 is 0 Å². The topological polar surface area (TPSA) is 75.3 Å². The Morgan fingerprint density at radius 2 is 1.75 bits per heavy atom. The molecule has 0 aliphatic rings. The Labute approximate surface area is 184 Å². The van der Waals surface area contributed by atoms with E-state index in [-0.39, 0.29) is 30.4 Å². The number of benzene rings is 3. The van der Waals surface area contributed by atoms with Crippen LogP contribution in [0.25, 0.3) is 10.9 Å². The predicted octanol–water partition coefficient (Wildman–Crippen LogP) is 4.30. The van der Waals surface area contributed by atoms with E-state index in [0.29, 0.717) is 34.6 Å². The van der Waals surface area contributed by atoms with Gasteiger partial charge in [0.15, 0.2) is 0 Å². The fourth-order valence-electron chi connectivity index (χ4n) is 3.40. The summed E-state index contributed by atoms with van der Waals surface area (Å²) in [7, 11) is 0. The first kappa shape index (κ1) is 21.2. The summed E-state index contributed by atoms with van der Waals surface area (Å²) in [6.07, 6.45) is 0. The third-order valence-corrected chi connectivity index (χ3v) is 5.10. The van der Waals surface area contributed by atoms with Gasteiger partial charge in [-0.2, -0.15) is 0 Å². The molecule has 1 N–H and O–H groups in total. The molecule has 0 saturated heterocycles. The lowest BCUT2D eigenvalue weighted by molar-refractivity contribution is 0.0743. The van der Waals surface area contributed by atoms with Gasteiger partial charge in [-0.3, -0.25) is 9.59 Å². The molecule has 1 heterocycles. The molecule has 32 heavy (non-hydrogen) atoms. The van der Waals surface area contributed by atoms with Gasteiger partial charge in [-0.05, 0) is 48.9 Å². The maximum absolute atomic E-state index is 13.3. The van der Waals surface area contributed by atoms with Gasteiger partial charge in [-0.15, -0.1) is 0 Å². The number of aromatic amines is 1. The molecule has 4 rings (SSSR count). The fourth-order valence-corrected chi connectivity index (χ4v) is 3.40. The molecule has 0 atom stereocenters. The van der Waals surface area contributed by atoms with Crippen LogP contribution in [0.2, 0.25) is 0 Å². The number of H-pyrrole nitrogens is 1. The van der Waals surface area contributed by atoms with Crippen LogP contribution in [0.3, 0.4) is 0 Å². The fraction of sp³-hybridized carbons (Fsp3) is 0.160. The van der Waals surface area contributed by atoms with Crippen molar-refractivity contribution in [1.82, 2.24) is 14.9 Å². The lowest BCUT2D eigenvalue weighted by Crippen LogP contribution is -2.32. The number of hydrogen-bond acceptors (Lipinski definition) is 4. The summed E-state index contributed by atoms with van der Waals surface area (Å²) in [5, 5.41) is 0.505. The molecule has 162 valence electrons. The van der Waals surface area contributed by atoms with Crippen molar-refractivity contribution in [2.24, 2.45) is 0 Å². The molecule has 4 aromatic rings. The summed E-state index contributed by atoms with van der Waals surface area (Å²) in [5.74, 6) is 0.287. The molecule has 0 fully saturated rings. The maximum Gasteiger partial charge on any atom is 0.258 e. The second-order valence-electron chi connectivity index (χ2n) is 7.26. The second-order valence-corrected chi connectivity index (χ2v) is 7.26. The van der Waals surface area contributed by atoms with Crippen molar-refractivity contribution in [1.29, 1.82) is 0 Å². The van der Waals surface area contributed by atoms with Crippen LogP contribution in [-0.2, 0) is 13.2 Å². The monoisotopic (exact) mass is 431 g/mol. The van der Waals surface area contributed by atoms with Gasteiger partial charge >= 0.3 is 0 Å². The minimum atomic E-state index is -0.316. The zero-order valence-electron chi connectivity index (χ0n) is 17.5. The number of rotatable bonds is 7. The van der Waals surface area contributed by atoms with Crippen molar-refractivity contribution in [2.45, 2.75) is 20.1 Å². The van der Waals surface area contributed by atoms with Crippen LogP contribution in [0.15, 0.2) is 77.6 Å². The molecule has 0 radical (unpaired) electrons. The normalized spacial score (nSPS) is 10.8. The first-order chi connectivity index (χ1) is 15.5. The van der Waals surface area contributed by atoms with E-state index in [0.717, 1.165) is 5.56 Å². The Balaban J connectivity index is 1.55. The number of nitrogens with zero attached hydrogens (tertiary/aromatic N) is 2. The molecule has 0 aliphatic heterocycles. The van der Waals surface area contributed by atoms with E-state index < -0.39 is 0 Å². The van der Waals surface area contributed by atoms with Crippen LogP contribution in [-0.4, -0.2) is 27.3 Å². The minimum Gasteiger partial charge on any atom is -0.488 e. The van der Waals surface area contributed by atoms with E-state index in [2.05, 4.69) is 9.97 Å². The summed E-state index contributed by atoms with van der Waals surface area (Å²) >= 11 is 0. The number of para-hydroxylation sites is 2. The Hall–Kier alpha value is -4.00. The highest BCUT2D eigenvalue weighted by molar-refractivity contribution is 5.96. The first-order valence-electron chi connectivity index (χ1n) is 10.3. The van der Waals surface area contributed by atoms with Crippen LogP contribution in [0.4, 0.5) is 4.39 Å². The highest BCUT2D eigenvalue weighted by Crippen LogP contribution is 2.22. The number of halogens is 1. The summed E-state index contributed by atoms with van der Waals surface area (Å²) < 4.78 is 19.0. The Morgan fingerprint density at radius 3 is 2.53 bits per heavy atom. The third-order valence-electron chi connectivity index (χ3n) is 5.10. The smallest absolute Gasteiger partial charge is 0.258 e. The molecular formula is C25H22FN3O3. The molecule has 0 aliphatic carbocycles. The van der Waals surface area contributed by atoms with Gasteiger partial charge < -0.3 is 14.6 Å². The van der Waals surface area contributed by atoms with E-state index in [9.17, 15) is 14.0 Å². The summed E-state index contributed by atoms with van der Waals surface area (Å²) in [5.41, 5.74) is 1.54. The molecule has 7 heteroatoms. The van der Waals surface area contributed by atoms with Crippen molar-refractivity contribution < 1.29 is 13.9 Å². The van der Waals surface area contributed by atoms with Crippen molar-refractivity contribution in [3.8, 4) is 5.75 Å². The second kappa shape index (κ2) is 9.43. The SMILES string of the molecule is CCN(Cc1nc2ccccc2c(=O)[nH]1)C(=O)c1ccccc1OCc1ccc(F)cc1. The number of nitrogens with one attached hydrogen (secondary N) is 1. The summed E-state index contributed by atoms with van der Waals surface area (Å²) in [6, 6.07) is 20.1. The molecule has 1 amide bonds. The van der Waals surface area contributed by atoms with Crippen molar-refractivity contribution >= 4 is 16.8 Å². The predicted molar refractivity (Wildman–Crippen MR) is 120 cm³/mol. The summed E-state index contributed by atoms with van der Waals surface area (Å²) in [6.45, 7) is 2.64. The van der Waals surface area contributed by atoms with Gasteiger partial charge in [-0.25, -0.2) is 9.37 Å². The van der Waals surface area contributed by atoms with Crippen molar-refractivity contribution in [2.75, 3.05) is 6.54 Å². The maximum atomic E-state index is 13.3. The summed E-state index contributed by atoms with van der Waals surface area (Å²) in [4.78, 5) is 34.5. The van der Waals surface area contributed by atoms with Gasteiger partial charge in [0.2, 0.25) is 0 Å². The zero-order valence-corrected chi connectivity index (χ0v) is 17.5. The number of aromatic nitrogens is 2. The Kier molecular flexibility index (Phi) is 6.26. The average Bonchev–Trinajstić information content (AvgIpc) is 2.82. The number of hydrogen-bond donors (Lipinski definition) is 1. The first-order valence-corrected chi connectivity index (χ1v) is 10.3. The van der Waals surface area contributed by atoms with E-state index in [1.54, 1.807) is 59.5 Å². The van der Waals surface area contributed by atoms with Crippen molar-refractivity contribution in [3.05, 3.63) is 106 Å². The minimum absolute atomic E-state index is 0.154. The van der Waals surface area contributed by atoms with Crippen LogP contribution in [0, 0.1) is 5.82 Å². The zero-order chi connectivity index (χ0) is 22.5. The Bertz CT molecular complexity index is 1300. The lowest BCUT2D eigenvalue weighted by atomic mass is 10.1. The van der Waals surface area contributed by atoms with Gasteiger partial charge in [0.25, 0.3) is 11.5 Å². The number of fused-ring (bicyclic) bond motifs is 1. The average molecular weight is 431 g/mol. The molecular weight excluding hydrogens is 409 g/mol. The number of amides is 1. The largest absolute Gasteiger partial charge is 0.488 e. The van der Waals surface area contributed by atoms with E-state index in [4.69, 9.17) is 4.74 Å². The number of carbonyl (C=O) groups is 1. The standard InChI is InChI=1S/C25H22FN3O3/c1-2-29(15-23-27-21-9-5-3-7-19(21)24(30)28-23)25(31)20-8-4-6-10-22(20)32-16-17-11-13-18(26)14-12-17/h3-14H,2,15-16H2,1H3,(H,27,28,30). The number of ether oxygens (including phenoxy) is 1. The molecule has 0 unspecified atom stereocenters. The van der Waals surface area contributed by atoms with Gasteiger partial charge in [0.05, 0.1) is 23.0 Å². The van der Waals surface area contributed by atoms with Crippen LogP contribution in [0.1, 0.15) is 28.7 Å². The number of carbonyl (C=O) groups excluding carboxylic acids is 1. The molecule has 0 spiro atoms. The molecule has 0 saturated carbocycles. The quantitative estimate of drug-likeness (QED) is 0.473.